The number of aromatic hydroxyl groups is 3. The molecule has 0 saturated carbocycles. The summed E-state index contributed by atoms with van der Waals surface area (Å²) in [5.74, 6) is -0.452. The number of phenols is 3. The van der Waals surface area contributed by atoms with E-state index >= 15 is 0 Å². The van der Waals surface area contributed by atoms with Crippen molar-refractivity contribution in [3.8, 4) is 34.4 Å². The lowest BCUT2D eigenvalue weighted by Gasteiger charge is -2.42. The highest BCUT2D eigenvalue weighted by molar-refractivity contribution is 5.92. The lowest BCUT2D eigenvalue weighted by Crippen LogP contribution is -2.45. The number of phenolic OH excluding ortho intramolecular Hbond substituents is 3. The van der Waals surface area contributed by atoms with E-state index in [0.717, 1.165) is 22.3 Å². The first kappa shape index (κ1) is 27.7. The Bertz CT molecular complexity index is 1550. The van der Waals surface area contributed by atoms with Crippen molar-refractivity contribution in [2.75, 3.05) is 25.0 Å². The van der Waals surface area contributed by atoms with E-state index in [1.54, 1.807) is 18.2 Å². The van der Waals surface area contributed by atoms with Crippen LogP contribution in [0.2, 0.25) is 0 Å². The van der Waals surface area contributed by atoms with Gasteiger partial charge in [-0.05, 0) is 47.7 Å². The molecular weight excluding hydrogens is 518 g/mol. The first-order valence-electron chi connectivity index (χ1n) is 13.4. The van der Waals surface area contributed by atoms with Crippen LogP contribution in [0.1, 0.15) is 29.5 Å². The number of benzene rings is 4. The number of hydrogen-bond donors (Lipinski definition) is 4. The molecule has 0 unspecified atom stereocenters. The maximum atomic E-state index is 12.8. The van der Waals surface area contributed by atoms with E-state index in [9.17, 15) is 25.4 Å². The predicted octanol–water partition coefficient (Wildman–Crippen LogP) is 5.49. The van der Waals surface area contributed by atoms with Gasteiger partial charge in [-0.25, -0.2) is 0 Å². The number of carbonyl (C=O) groups excluding carboxylic acids is 1. The van der Waals surface area contributed by atoms with Gasteiger partial charge in [-0.1, -0.05) is 54.6 Å². The topological polar surface area (TPSA) is 126 Å². The summed E-state index contributed by atoms with van der Waals surface area (Å²) in [5.41, 5.74) is 3.86. The number of carbonyl (C=O) groups is 1. The molecule has 1 aliphatic heterocycles. The smallest absolute Gasteiger partial charge is 0.250 e. The molecule has 0 radical (unpaired) electrons. The Morgan fingerprint density at radius 2 is 1.59 bits per heavy atom. The summed E-state index contributed by atoms with van der Waals surface area (Å²) < 4.78 is 6.40. The summed E-state index contributed by atoms with van der Waals surface area (Å²) >= 11 is 0. The highest BCUT2D eigenvalue weighted by atomic mass is 16.5. The lowest BCUT2D eigenvalue weighted by molar-refractivity contribution is -0.135. The molecule has 1 aliphatic rings. The number of likely N-dealkylation sites (tertiary alicyclic amines) is 1. The van der Waals surface area contributed by atoms with Crippen molar-refractivity contribution in [1.29, 1.82) is 5.26 Å². The average Bonchev–Trinajstić information content (AvgIpc) is 2.98. The maximum Gasteiger partial charge on any atom is 0.250 e. The monoisotopic (exact) mass is 549 g/mol. The highest BCUT2D eigenvalue weighted by Gasteiger charge is 2.38. The Kier molecular flexibility index (Phi) is 8.20. The normalized spacial score (nSPS) is 14.7. The number of rotatable bonds is 8. The number of piperidine rings is 1. The molecule has 4 N–H and O–H groups in total. The Hall–Kier alpha value is -4.84. The number of nitriles is 1. The molecule has 5 rings (SSSR count). The number of amides is 1. The Morgan fingerprint density at radius 1 is 0.878 bits per heavy atom. The van der Waals surface area contributed by atoms with Crippen molar-refractivity contribution in [3.05, 3.63) is 108 Å². The van der Waals surface area contributed by atoms with Crippen LogP contribution >= 0.6 is 0 Å². The molecule has 0 aromatic heterocycles. The largest absolute Gasteiger partial charge is 0.508 e. The second kappa shape index (κ2) is 12.1. The second-order valence-electron chi connectivity index (χ2n) is 10.2. The van der Waals surface area contributed by atoms with Crippen molar-refractivity contribution in [2.45, 2.75) is 25.0 Å². The van der Waals surface area contributed by atoms with Crippen molar-refractivity contribution in [1.82, 2.24) is 4.90 Å². The molecule has 1 fully saturated rings. The van der Waals surface area contributed by atoms with E-state index in [1.165, 1.54) is 18.2 Å². The number of ether oxygens (including phenoxy) is 1. The minimum atomic E-state index is -0.722. The lowest BCUT2D eigenvalue weighted by atomic mass is 9.83. The Labute approximate surface area is 238 Å². The molecule has 8 heteroatoms. The standard InChI is InChI=1S/C33H31N3O5/c34-20-23-4-3-6-25(16-23)24-8-10-27(11-9-24)33(41-22-32(40)35-28-17-29(37)19-30(38)18-28)12-14-36(15-13-33)21-26-5-1-2-7-31(26)39/h1-11,16-19,37-39H,12-15,21-22H2,(H,35,40). The van der Waals surface area contributed by atoms with Crippen molar-refractivity contribution in [3.63, 3.8) is 0 Å². The summed E-state index contributed by atoms with van der Waals surface area (Å²) in [6.45, 7) is 1.78. The predicted molar refractivity (Wildman–Crippen MR) is 155 cm³/mol. The molecule has 1 heterocycles. The zero-order chi connectivity index (χ0) is 28.8. The molecule has 0 atom stereocenters. The van der Waals surface area contributed by atoms with Gasteiger partial charge in [-0.3, -0.25) is 9.69 Å². The van der Waals surface area contributed by atoms with E-state index in [-0.39, 0.29) is 29.5 Å². The van der Waals surface area contributed by atoms with Crippen molar-refractivity contribution >= 4 is 11.6 Å². The third kappa shape index (κ3) is 6.67. The minimum Gasteiger partial charge on any atom is -0.508 e. The SMILES string of the molecule is N#Cc1cccc(-c2ccc(C3(OCC(=O)Nc4cc(O)cc(O)c4)CCN(Cc4ccccc4O)CC3)cc2)c1. The quantitative estimate of drug-likeness (QED) is 0.229. The van der Waals surface area contributed by atoms with Gasteiger partial charge < -0.3 is 25.4 Å². The van der Waals surface area contributed by atoms with Crippen LogP contribution in [0, 0.1) is 11.3 Å². The first-order chi connectivity index (χ1) is 19.8. The molecule has 0 aliphatic carbocycles. The van der Waals surface area contributed by atoms with Crippen LogP contribution in [-0.2, 0) is 21.7 Å². The van der Waals surface area contributed by atoms with Crippen molar-refractivity contribution < 1.29 is 24.9 Å². The molecular formula is C33H31N3O5. The third-order valence-electron chi connectivity index (χ3n) is 7.45. The molecule has 41 heavy (non-hydrogen) atoms. The van der Waals surface area contributed by atoms with E-state index < -0.39 is 11.5 Å². The van der Waals surface area contributed by atoms with Crippen LogP contribution < -0.4 is 5.32 Å². The summed E-state index contributed by atoms with van der Waals surface area (Å²) in [5, 5.41) is 41.6. The molecule has 8 nitrogen and oxygen atoms in total. The molecule has 0 spiro atoms. The number of anilines is 1. The van der Waals surface area contributed by atoms with Gasteiger partial charge in [-0.15, -0.1) is 0 Å². The van der Waals surface area contributed by atoms with Crippen LogP contribution in [0.3, 0.4) is 0 Å². The molecule has 0 bridgehead atoms. The van der Waals surface area contributed by atoms with Gasteiger partial charge in [0.2, 0.25) is 5.91 Å². The minimum absolute atomic E-state index is 0.157. The zero-order valence-electron chi connectivity index (χ0n) is 22.5. The number of para-hydroxylation sites is 1. The first-order valence-corrected chi connectivity index (χ1v) is 13.4. The third-order valence-corrected chi connectivity index (χ3v) is 7.45. The zero-order valence-corrected chi connectivity index (χ0v) is 22.5. The van der Waals surface area contributed by atoms with Crippen LogP contribution in [0.15, 0.2) is 91.0 Å². The molecule has 1 amide bonds. The van der Waals surface area contributed by atoms with Crippen LogP contribution in [0.5, 0.6) is 17.2 Å². The van der Waals surface area contributed by atoms with Gasteiger partial charge in [0, 0.05) is 49.1 Å². The van der Waals surface area contributed by atoms with E-state index in [4.69, 9.17) is 4.74 Å². The molecule has 4 aromatic rings. The summed E-state index contributed by atoms with van der Waals surface area (Å²) in [6, 6.07) is 28.8. The Morgan fingerprint density at radius 3 is 2.27 bits per heavy atom. The average molecular weight is 550 g/mol. The van der Waals surface area contributed by atoms with Crippen molar-refractivity contribution in [2.24, 2.45) is 0 Å². The van der Waals surface area contributed by atoms with Gasteiger partial charge in [0.25, 0.3) is 0 Å². The van der Waals surface area contributed by atoms with Crippen LogP contribution in [0.4, 0.5) is 5.69 Å². The van der Waals surface area contributed by atoms with Gasteiger partial charge in [0.05, 0.1) is 17.2 Å². The molecule has 208 valence electrons. The van der Waals surface area contributed by atoms with E-state index in [1.807, 2.05) is 54.6 Å². The summed E-state index contributed by atoms with van der Waals surface area (Å²) in [6.07, 6.45) is 1.26. The maximum absolute atomic E-state index is 12.8. The fourth-order valence-corrected chi connectivity index (χ4v) is 5.28. The summed E-state index contributed by atoms with van der Waals surface area (Å²) in [4.78, 5) is 15.1. The van der Waals surface area contributed by atoms with Crippen LogP contribution in [-0.4, -0.2) is 45.8 Å². The number of nitrogens with zero attached hydrogens (tertiary/aromatic N) is 2. The fourth-order valence-electron chi connectivity index (χ4n) is 5.28. The summed E-state index contributed by atoms with van der Waals surface area (Å²) in [7, 11) is 0. The van der Waals surface area contributed by atoms with Crippen LogP contribution in [0.25, 0.3) is 11.1 Å². The van der Waals surface area contributed by atoms with Gasteiger partial charge >= 0.3 is 0 Å². The molecule has 1 saturated heterocycles. The van der Waals surface area contributed by atoms with E-state index in [2.05, 4.69) is 16.3 Å². The number of nitrogens with one attached hydrogen (secondary N) is 1. The number of hydrogen-bond acceptors (Lipinski definition) is 7. The van der Waals surface area contributed by atoms with Gasteiger partial charge in [0.1, 0.15) is 23.9 Å². The Balaban J connectivity index is 1.34. The van der Waals surface area contributed by atoms with E-state index in [0.29, 0.717) is 38.0 Å². The molecule has 4 aromatic carbocycles. The fraction of sp³-hybridized carbons (Fsp3) is 0.212. The second-order valence-corrected chi connectivity index (χ2v) is 10.2. The van der Waals surface area contributed by atoms with Gasteiger partial charge in [0.15, 0.2) is 0 Å². The highest BCUT2D eigenvalue weighted by Crippen LogP contribution is 2.38. The van der Waals surface area contributed by atoms with Gasteiger partial charge in [-0.2, -0.15) is 5.26 Å².